The average Bonchev–Trinajstić information content (AvgIpc) is 2.36. The van der Waals surface area contributed by atoms with E-state index in [0.29, 0.717) is 13.0 Å². The van der Waals surface area contributed by atoms with Gasteiger partial charge in [-0.15, -0.1) is 0 Å². The molecule has 0 saturated carbocycles. The Hall–Kier alpha value is -1.03. The second kappa shape index (κ2) is 6.82. The molecule has 1 aromatic carbocycles. The van der Waals surface area contributed by atoms with E-state index in [2.05, 4.69) is 4.72 Å². The van der Waals surface area contributed by atoms with E-state index in [0.717, 1.165) is 24.5 Å². The van der Waals surface area contributed by atoms with Crippen LogP contribution in [0, 0.1) is 11.7 Å². The molecule has 1 atom stereocenters. The minimum absolute atomic E-state index is 0.00840. The Morgan fingerprint density at radius 2 is 1.90 bits per heavy atom. The summed E-state index contributed by atoms with van der Waals surface area (Å²) in [6.07, 6.45) is 1.54. The summed E-state index contributed by atoms with van der Waals surface area (Å²) in [6.45, 7) is 2.32. The van der Waals surface area contributed by atoms with Crippen molar-refractivity contribution in [2.75, 3.05) is 19.3 Å². The van der Waals surface area contributed by atoms with Crippen molar-refractivity contribution in [3.63, 3.8) is 0 Å². The van der Waals surface area contributed by atoms with Crippen LogP contribution in [0.4, 0.5) is 4.39 Å². The Morgan fingerprint density at radius 3 is 2.43 bits per heavy atom. The van der Waals surface area contributed by atoms with E-state index >= 15 is 0 Å². The molecule has 1 unspecified atom stereocenters. The molecule has 9 heteroatoms. The largest absolute Gasteiger partial charge is 0.330 e. The first-order chi connectivity index (χ1) is 9.58. The van der Waals surface area contributed by atoms with Gasteiger partial charge in [0.15, 0.2) is 9.84 Å². The van der Waals surface area contributed by atoms with Gasteiger partial charge in [-0.2, -0.15) is 0 Å². The van der Waals surface area contributed by atoms with Gasteiger partial charge in [0.05, 0.1) is 4.90 Å². The molecule has 0 radical (unpaired) electrons. The fourth-order valence-corrected chi connectivity index (χ4v) is 3.62. The van der Waals surface area contributed by atoms with Gasteiger partial charge in [-0.3, -0.25) is 0 Å². The highest BCUT2D eigenvalue weighted by atomic mass is 32.2. The number of rotatable bonds is 7. The standard InChI is InChI=1S/C12H19FN2O4S2/c1-9(5-6-14)8-15-21(18,19)12-7-10(20(2,16)17)3-4-11(12)13/h3-4,7,9,15H,5-6,8,14H2,1-2H3. The number of nitrogens with one attached hydrogen (secondary N) is 1. The third-order valence-electron chi connectivity index (χ3n) is 2.90. The Labute approximate surface area is 124 Å². The summed E-state index contributed by atoms with van der Waals surface area (Å²) in [6, 6.07) is 2.68. The SMILES string of the molecule is CC(CCN)CNS(=O)(=O)c1cc(S(C)(=O)=O)ccc1F. The van der Waals surface area contributed by atoms with Gasteiger partial charge in [0.1, 0.15) is 10.7 Å². The molecular weight excluding hydrogens is 319 g/mol. The van der Waals surface area contributed by atoms with Crippen LogP contribution in [-0.4, -0.2) is 36.2 Å². The van der Waals surface area contributed by atoms with Crippen molar-refractivity contribution in [1.29, 1.82) is 0 Å². The van der Waals surface area contributed by atoms with E-state index in [1.807, 2.05) is 0 Å². The van der Waals surface area contributed by atoms with Crippen molar-refractivity contribution in [3.8, 4) is 0 Å². The summed E-state index contributed by atoms with van der Waals surface area (Å²) in [7, 11) is -7.74. The molecule has 1 aromatic rings. The van der Waals surface area contributed by atoms with Gasteiger partial charge < -0.3 is 5.73 Å². The summed E-state index contributed by atoms with van der Waals surface area (Å²) in [4.78, 5) is -0.926. The maximum atomic E-state index is 13.7. The summed E-state index contributed by atoms with van der Waals surface area (Å²) < 4.78 is 62.9. The molecule has 21 heavy (non-hydrogen) atoms. The topological polar surface area (TPSA) is 106 Å². The van der Waals surface area contributed by atoms with Crippen LogP contribution < -0.4 is 10.5 Å². The van der Waals surface area contributed by atoms with Crippen molar-refractivity contribution >= 4 is 19.9 Å². The van der Waals surface area contributed by atoms with Crippen LogP contribution in [0.2, 0.25) is 0 Å². The van der Waals surface area contributed by atoms with Crippen LogP contribution in [0.5, 0.6) is 0 Å². The fraction of sp³-hybridized carbons (Fsp3) is 0.500. The third kappa shape index (κ3) is 5.03. The van der Waals surface area contributed by atoms with Crippen LogP contribution in [0.1, 0.15) is 13.3 Å². The number of nitrogens with two attached hydrogens (primary N) is 1. The highest BCUT2D eigenvalue weighted by Crippen LogP contribution is 2.19. The van der Waals surface area contributed by atoms with E-state index in [1.54, 1.807) is 6.92 Å². The second-order valence-corrected chi connectivity index (χ2v) is 8.65. The van der Waals surface area contributed by atoms with Crippen LogP contribution >= 0.6 is 0 Å². The lowest BCUT2D eigenvalue weighted by atomic mass is 10.1. The highest BCUT2D eigenvalue weighted by Gasteiger charge is 2.22. The van der Waals surface area contributed by atoms with Gasteiger partial charge in [-0.25, -0.2) is 25.9 Å². The molecule has 0 amide bonds. The van der Waals surface area contributed by atoms with Crippen LogP contribution in [0.3, 0.4) is 0 Å². The maximum absolute atomic E-state index is 13.7. The lowest BCUT2D eigenvalue weighted by molar-refractivity contribution is 0.510. The Kier molecular flexibility index (Phi) is 5.85. The molecule has 0 aromatic heterocycles. The van der Waals surface area contributed by atoms with Crippen molar-refractivity contribution in [1.82, 2.24) is 4.72 Å². The smallest absolute Gasteiger partial charge is 0.243 e. The molecule has 0 fully saturated rings. The van der Waals surface area contributed by atoms with E-state index in [9.17, 15) is 21.2 Å². The van der Waals surface area contributed by atoms with E-state index in [4.69, 9.17) is 5.73 Å². The normalized spacial score (nSPS) is 14.1. The number of sulfonamides is 1. The Morgan fingerprint density at radius 1 is 1.29 bits per heavy atom. The number of hydrogen-bond acceptors (Lipinski definition) is 5. The van der Waals surface area contributed by atoms with Crippen LogP contribution in [-0.2, 0) is 19.9 Å². The van der Waals surface area contributed by atoms with Crippen molar-refractivity contribution in [3.05, 3.63) is 24.0 Å². The van der Waals surface area contributed by atoms with E-state index in [1.165, 1.54) is 0 Å². The van der Waals surface area contributed by atoms with Crippen molar-refractivity contribution in [2.45, 2.75) is 23.1 Å². The number of benzene rings is 1. The van der Waals surface area contributed by atoms with Crippen LogP contribution in [0.15, 0.2) is 28.0 Å². The first-order valence-corrected chi connectivity index (χ1v) is 9.64. The molecule has 120 valence electrons. The predicted octanol–water partition coefficient (Wildman–Crippen LogP) is 0.492. The molecule has 1 rings (SSSR count). The zero-order valence-electron chi connectivity index (χ0n) is 11.8. The first kappa shape index (κ1) is 18.0. The average molecular weight is 338 g/mol. The number of halogens is 1. The molecule has 0 bridgehead atoms. The summed E-state index contributed by atoms with van der Waals surface area (Å²) in [5.74, 6) is -1.01. The fourth-order valence-electron chi connectivity index (χ4n) is 1.64. The first-order valence-electron chi connectivity index (χ1n) is 6.27. The van der Waals surface area contributed by atoms with Crippen molar-refractivity contribution in [2.24, 2.45) is 11.7 Å². The minimum Gasteiger partial charge on any atom is -0.330 e. The molecule has 6 nitrogen and oxygen atoms in total. The molecule has 0 spiro atoms. The molecule has 0 aliphatic rings. The molecule has 0 saturated heterocycles. The summed E-state index contributed by atoms with van der Waals surface area (Å²) in [5.41, 5.74) is 5.37. The van der Waals surface area contributed by atoms with Gasteiger partial charge in [0, 0.05) is 12.8 Å². The van der Waals surface area contributed by atoms with Gasteiger partial charge in [0.2, 0.25) is 10.0 Å². The third-order valence-corrected chi connectivity index (χ3v) is 5.45. The quantitative estimate of drug-likeness (QED) is 0.704. The summed E-state index contributed by atoms with van der Waals surface area (Å²) >= 11 is 0. The summed E-state index contributed by atoms with van der Waals surface area (Å²) in [5, 5.41) is 0. The minimum atomic E-state index is -4.12. The molecule has 3 N–H and O–H groups in total. The van der Waals surface area contributed by atoms with E-state index < -0.39 is 30.6 Å². The number of sulfone groups is 1. The molecular formula is C12H19FN2O4S2. The zero-order valence-corrected chi connectivity index (χ0v) is 13.5. The zero-order chi connectivity index (χ0) is 16.3. The van der Waals surface area contributed by atoms with E-state index in [-0.39, 0.29) is 17.4 Å². The van der Waals surface area contributed by atoms with Gasteiger partial charge >= 0.3 is 0 Å². The van der Waals surface area contributed by atoms with Crippen molar-refractivity contribution < 1.29 is 21.2 Å². The second-order valence-electron chi connectivity index (χ2n) is 4.90. The molecule has 0 aliphatic carbocycles. The molecule has 0 heterocycles. The lowest BCUT2D eigenvalue weighted by Crippen LogP contribution is -2.30. The molecule has 0 aliphatic heterocycles. The van der Waals surface area contributed by atoms with Gasteiger partial charge in [-0.05, 0) is 37.1 Å². The monoisotopic (exact) mass is 338 g/mol. The van der Waals surface area contributed by atoms with Gasteiger partial charge in [0.25, 0.3) is 0 Å². The highest BCUT2D eigenvalue weighted by molar-refractivity contribution is 7.91. The Balaban J connectivity index is 3.08. The lowest BCUT2D eigenvalue weighted by Gasteiger charge is -2.13. The van der Waals surface area contributed by atoms with Gasteiger partial charge in [-0.1, -0.05) is 6.92 Å². The Bertz CT molecular complexity index is 702. The predicted molar refractivity (Wildman–Crippen MR) is 77.5 cm³/mol. The van der Waals surface area contributed by atoms with Crippen LogP contribution in [0.25, 0.3) is 0 Å². The maximum Gasteiger partial charge on any atom is 0.243 e. The number of hydrogen-bond donors (Lipinski definition) is 2.